The molecule has 2 aliphatic carbocycles. The van der Waals surface area contributed by atoms with Crippen molar-refractivity contribution in [2.45, 2.75) is 32.7 Å². The van der Waals surface area contributed by atoms with Crippen LogP contribution in [0.3, 0.4) is 0 Å². The van der Waals surface area contributed by atoms with Gasteiger partial charge in [-0.15, -0.1) is 0 Å². The minimum Gasteiger partial charge on any atom is -0.466 e. The van der Waals surface area contributed by atoms with Crippen LogP contribution in [0.25, 0.3) is 0 Å². The Morgan fingerprint density at radius 2 is 2.20 bits per heavy atom. The van der Waals surface area contributed by atoms with Crippen molar-refractivity contribution in [2.24, 2.45) is 17.8 Å². The van der Waals surface area contributed by atoms with Gasteiger partial charge in [-0.25, -0.2) is 0 Å². The molecule has 2 fully saturated rings. The van der Waals surface area contributed by atoms with Gasteiger partial charge in [0, 0.05) is 0 Å². The van der Waals surface area contributed by atoms with Gasteiger partial charge in [-0.1, -0.05) is 0 Å². The van der Waals surface area contributed by atoms with Crippen molar-refractivity contribution < 1.29 is 14.5 Å². The second-order valence-corrected chi connectivity index (χ2v) is 5.55. The van der Waals surface area contributed by atoms with Gasteiger partial charge in [0.05, 0.1) is 23.5 Å². The van der Waals surface area contributed by atoms with Gasteiger partial charge in [0.25, 0.3) is 0 Å². The quantitative estimate of drug-likeness (QED) is 0.477. The van der Waals surface area contributed by atoms with E-state index in [-0.39, 0.29) is 23.6 Å². The molecule has 0 aliphatic heterocycles. The maximum Gasteiger partial charge on any atom is 0.309 e. The third kappa shape index (κ3) is 1.88. The SMILES string of the molecule is CCOC(=O)C1C2CC(n3ncc([N+](=O)[O-])c3C)CC21. The van der Waals surface area contributed by atoms with Gasteiger partial charge in [0.1, 0.15) is 11.9 Å². The van der Waals surface area contributed by atoms with Crippen LogP contribution >= 0.6 is 0 Å². The third-order valence-electron chi connectivity index (χ3n) is 4.54. The lowest BCUT2D eigenvalue weighted by Crippen LogP contribution is -2.16. The van der Waals surface area contributed by atoms with Crippen molar-refractivity contribution in [3.05, 3.63) is 22.0 Å². The summed E-state index contributed by atoms with van der Waals surface area (Å²) in [6.45, 7) is 3.95. The van der Waals surface area contributed by atoms with E-state index in [0.717, 1.165) is 12.8 Å². The number of fused-ring (bicyclic) bond motifs is 1. The molecular formula is C13H17N3O4. The lowest BCUT2D eigenvalue weighted by Gasteiger charge is -2.15. The maximum atomic E-state index is 11.7. The van der Waals surface area contributed by atoms with Gasteiger partial charge in [-0.3, -0.25) is 19.6 Å². The molecule has 7 nitrogen and oxygen atoms in total. The Morgan fingerprint density at radius 1 is 1.55 bits per heavy atom. The van der Waals surface area contributed by atoms with E-state index in [2.05, 4.69) is 5.10 Å². The second kappa shape index (κ2) is 4.57. The fraction of sp³-hybridized carbons (Fsp3) is 0.692. The molecule has 1 aromatic rings. The van der Waals surface area contributed by atoms with Gasteiger partial charge >= 0.3 is 11.7 Å². The molecule has 1 aromatic heterocycles. The number of carbonyl (C=O) groups is 1. The van der Waals surface area contributed by atoms with Gasteiger partial charge < -0.3 is 4.74 Å². The highest BCUT2D eigenvalue weighted by molar-refractivity contribution is 5.76. The van der Waals surface area contributed by atoms with Crippen molar-refractivity contribution in [1.29, 1.82) is 0 Å². The first kappa shape index (κ1) is 13.1. The van der Waals surface area contributed by atoms with Crippen molar-refractivity contribution in [2.75, 3.05) is 6.61 Å². The molecule has 7 heteroatoms. The number of carbonyl (C=O) groups excluding carboxylic acids is 1. The molecule has 0 spiro atoms. The summed E-state index contributed by atoms with van der Waals surface area (Å²) in [5.74, 6) is 0.671. The zero-order chi connectivity index (χ0) is 14.4. The minimum absolute atomic E-state index is 0.0389. The van der Waals surface area contributed by atoms with Crippen LogP contribution in [0.2, 0.25) is 0 Å². The highest BCUT2D eigenvalue weighted by Gasteiger charge is 2.61. The Morgan fingerprint density at radius 3 is 2.70 bits per heavy atom. The molecular weight excluding hydrogens is 262 g/mol. The highest BCUT2D eigenvalue weighted by Crippen LogP contribution is 2.61. The molecule has 2 atom stereocenters. The standard InChI is InChI=1S/C13H17N3O4/c1-3-20-13(17)12-9-4-8(5-10(9)12)15-7(2)11(6-14-15)16(18)19/h6,8-10,12H,3-5H2,1-2H3. The second-order valence-electron chi connectivity index (χ2n) is 5.55. The molecule has 2 saturated carbocycles. The van der Waals surface area contributed by atoms with Crippen LogP contribution in [0.1, 0.15) is 31.5 Å². The predicted octanol–water partition coefficient (Wildman–Crippen LogP) is 1.86. The zero-order valence-corrected chi connectivity index (χ0v) is 11.5. The number of ether oxygens (including phenoxy) is 1. The number of nitro groups is 1. The van der Waals surface area contributed by atoms with Crippen LogP contribution in [0, 0.1) is 34.8 Å². The molecule has 1 heterocycles. The van der Waals surface area contributed by atoms with Crippen molar-refractivity contribution in [3.8, 4) is 0 Å². The normalized spacial score (nSPS) is 30.9. The summed E-state index contributed by atoms with van der Waals surface area (Å²) in [6, 6.07) is 0.171. The van der Waals surface area contributed by atoms with E-state index in [9.17, 15) is 14.9 Å². The average molecular weight is 279 g/mol. The Balaban J connectivity index is 1.67. The largest absolute Gasteiger partial charge is 0.466 e. The number of hydrogen-bond donors (Lipinski definition) is 0. The maximum absolute atomic E-state index is 11.7. The first-order valence-corrected chi connectivity index (χ1v) is 6.89. The number of nitrogens with zero attached hydrogens (tertiary/aromatic N) is 3. The summed E-state index contributed by atoms with van der Waals surface area (Å²) in [5.41, 5.74) is 0.654. The fourth-order valence-electron chi connectivity index (χ4n) is 3.56. The van der Waals surface area contributed by atoms with Crippen LogP contribution in [0.15, 0.2) is 6.20 Å². The molecule has 0 N–H and O–H groups in total. The Hall–Kier alpha value is -1.92. The molecule has 2 unspecified atom stereocenters. The van der Waals surface area contributed by atoms with Crippen molar-refractivity contribution >= 4 is 11.7 Å². The first-order chi connectivity index (χ1) is 9.54. The molecule has 3 rings (SSSR count). The summed E-state index contributed by atoms with van der Waals surface area (Å²) in [5, 5.41) is 15.0. The van der Waals surface area contributed by atoms with E-state index < -0.39 is 4.92 Å². The average Bonchev–Trinajstić information content (AvgIpc) is 2.73. The summed E-state index contributed by atoms with van der Waals surface area (Å²) in [6.07, 6.45) is 3.02. The van der Waals surface area contributed by atoms with Crippen molar-refractivity contribution in [3.63, 3.8) is 0 Å². The van der Waals surface area contributed by atoms with Gasteiger partial charge in [0.2, 0.25) is 0 Å². The van der Waals surface area contributed by atoms with Crippen LogP contribution < -0.4 is 0 Å². The first-order valence-electron chi connectivity index (χ1n) is 6.89. The van der Waals surface area contributed by atoms with Crippen LogP contribution in [0.5, 0.6) is 0 Å². The zero-order valence-electron chi connectivity index (χ0n) is 11.5. The topological polar surface area (TPSA) is 87.3 Å². The van der Waals surface area contributed by atoms with E-state index >= 15 is 0 Å². The summed E-state index contributed by atoms with van der Waals surface area (Å²) in [4.78, 5) is 22.1. The molecule has 0 bridgehead atoms. The Kier molecular flexibility index (Phi) is 2.99. The number of esters is 1. The van der Waals surface area contributed by atoms with E-state index in [1.807, 2.05) is 6.92 Å². The summed E-state index contributed by atoms with van der Waals surface area (Å²) >= 11 is 0. The molecule has 0 radical (unpaired) electrons. The van der Waals surface area contributed by atoms with E-state index in [1.54, 1.807) is 11.6 Å². The smallest absolute Gasteiger partial charge is 0.309 e. The van der Waals surface area contributed by atoms with Crippen molar-refractivity contribution in [1.82, 2.24) is 9.78 Å². The predicted molar refractivity (Wildman–Crippen MR) is 69.0 cm³/mol. The lowest BCUT2D eigenvalue weighted by atomic mass is 10.1. The number of hydrogen-bond acceptors (Lipinski definition) is 5. The van der Waals surface area contributed by atoms with E-state index in [1.165, 1.54) is 6.20 Å². The van der Waals surface area contributed by atoms with E-state index in [4.69, 9.17) is 4.74 Å². The number of aromatic nitrogens is 2. The molecule has 20 heavy (non-hydrogen) atoms. The minimum atomic E-state index is -0.407. The van der Waals surface area contributed by atoms with Gasteiger partial charge in [-0.05, 0) is 38.5 Å². The molecule has 2 aliphatic rings. The molecule has 0 aromatic carbocycles. The molecule has 108 valence electrons. The fourth-order valence-corrected chi connectivity index (χ4v) is 3.56. The molecule has 0 saturated heterocycles. The molecule has 0 amide bonds. The highest BCUT2D eigenvalue weighted by atomic mass is 16.6. The van der Waals surface area contributed by atoms with Crippen LogP contribution in [-0.4, -0.2) is 27.3 Å². The van der Waals surface area contributed by atoms with Crippen LogP contribution in [-0.2, 0) is 9.53 Å². The summed E-state index contributed by atoms with van der Waals surface area (Å²) < 4.78 is 6.79. The van der Waals surface area contributed by atoms with Gasteiger partial charge in [0.15, 0.2) is 0 Å². The Bertz CT molecular complexity index is 556. The lowest BCUT2D eigenvalue weighted by molar-refractivity contribution is -0.385. The van der Waals surface area contributed by atoms with E-state index in [0.29, 0.717) is 24.1 Å². The Labute approximate surface area is 116 Å². The monoisotopic (exact) mass is 279 g/mol. The summed E-state index contributed by atoms with van der Waals surface area (Å²) in [7, 11) is 0. The van der Waals surface area contributed by atoms with Gasteiger partial charge in [-0.2, -0.15) is 5.10 Å². The van der Waals surface area contributed by atoms with Crippen LogP contribution in [0.4, 0.5) is 5.69 Å². The number of rotatable bonds is 4. The third-order valence-corrected chi connectivity index (χ3v) is 4.54.